The van der Waals surface area contributed by atoms with Crippen molar-refractivity contribution in [3.05, 3.63) is 95.1 Å². The van der Waals surface area contributed by atoms with Crippen LogP contribution in [0.15, 0.2) is 72.8 Å². The van der Waals surface area contributed by atoms with Crippen LogP contribution < -0.4 is 19.7 Å². The van der Waals surface area contributed by atoms with Gasteiger partial charge in [0, 0.05) is 31.3 Å². The van der Waals surface area contributed by atoms with Crippen LogP contribution in [0.3, 0.4) is 0 Å². The molecule has 1 aliphatic heterocycles. The minimum atomic E-state index is -4.45. The fourth-order valence-corrected chi connectivity index (χ4v) is 6.66. The molecule has 3 aromatic rings. The second-order valence-corrected chi connectivity index (χ2v) is 12.6. The highest BCUT2D eigenvalue weighted by molar-refractivity contribution is 8.25. The molecule has 0 aliphatic carbocycles. The number of rotatable bonds is 12. The quantitative estimate of drug-likeness (QED) is 0.156. The fraction of sp³-hybridized carbons (Fsp3) is 0.387. The van der Waals surface area contributed by atoms with Crippen LogP contribution in [0.5, 0.6) is 5.75 Å². The summed E-state index contributed by atoms with van der Waals surface area (Å²) in [5, 5.41) is 17.0. The molecule has 1 aliphatic rings. The van der Waals surface area contributed by atoms with E-state index in [9.17, 15) is 32.2 Å². The largest absolute Gasteiger partial charge is 0.494 e. The van der Waals surface area contributed by atoms with Crippen molar-refractivity contribution in [3.8, 4) is 5.75 Å². The van der Waals surface area contributed by atoms with Crippen molar-refractivity contribution < 1.29 is 36.9 Å². The van der Waals surface area contributed by atoms with E-state index in [1.54, 1.807) is 31.2 Å². The third kappa shape index (κ3) is 9.75. The Morgan fingerprint density at radius 1 is 1.02 bits per heavy atom. The maximum Gasteiger partial charge on any atom is 0.416 e. The average Bonchev–Trinajstić information content (AvgIpc) is 2.97. The molecule has 1 amide bonds. The van der Waals surface area contributed by atoms with Gasteiger partial charge in [0.15, 0.2) is 0 Å². The number of ether oxygens (including phenoxy) is 1. The Balaban J connectivity index is 0.00000529. The van der Waals surface area contributed by atoms with E-state index in [1.165, 1.54) is 10.4 Å². The van der Waals surface area contributed by atoms with Gasteiger partial charge in [-0.05, 0) is 55.5 Å². The molecule has 0 spiro atoms. The molecule has 44 heavy (non-hydrogen) atoms. The summed E-state index contributed by atoms with van der Waals surface area (Å²) < 4.78 is 67.8. The summed E-state index contributed by atoms with van der Waals surface area (Å²) in [7, 11) is -3.04. The third-order valence-corrected chi connectivity index (χ3v) is 9.09. The van der Waals surface area contributed by atoms with Gasteiger partial charge in [-0.25, -0.2) is 0 Å². The predicted octanol–water partition coefficient (Wildman–Crippen LogP) is 6.28. The molecular formula is C31H39ClF3N3O5S. The summed E-state index contributed by atoms with van der Waals surface area (Å²) >= 11 is 0. The van der Waals surface area contributed by atoms with Gasteiger partial charge in [-0.2, -0.15) is 13.2 Å². The van der Waals surface area contributed by atoms with E-state index in [1.807, 2.05) is 30.3 Å². The molecule has 4 rings (SSSR count). The Labute approximate surface area is 263 Å². The number of halogens is 4. The van der Waals surface area contributed by atoms with Crippen LogP contribution in [0, 0.1) is 0 Å². The summed E-state index contributed by atoms with van der Waals surface area (Å²) in [6.45, 7) is 2.67. The number of nitrogens with one attached hydrogen (secondary N) is 2. The van der Waals surface area contributed by atoms with Crippen LogP contribution >= 0.6 is 23.2 Å². The molecule has 0 unspecified atom stereocenters. The summed E-state index contributed by atoms with van der Waals surface area (Å²) in [6.07, 6.45) is -3.78. The van der Waals surface area contributed by atoms with Crippen LogP contribution in [0.25, 0.3) is 0 Å². The van der Waals surface area contributed by atoms with Gasteiger partial charge < -0.3 is 20.5 Å². The molecule has 0 radical (unpaired) electrons. The van der Waals surface area contributed by atoms with Crippen LogP contribution in [0.2, 0.25) is 0 Å². The molecule has 5 N–H and O–H groups in total. The van der Waals surface area contributed by atoms with E-state index < -0.39 is 40.6 Å². The maximum absolute atomic E-state index is 13.6. The Kier molecular flexibility index (Phi) is 12.8. The van der Waals surface area contributed by atoms with Gasteiger partial charge in [0.2, 0.25) is 0 Å². The van der Waals surface area contributed by atoms with Crippen LogP contribution in [-0.2, 0) is 19.1 Å². The molecule has 0 bridgehead atoms. The summed E-state index contributed by atoms with van der Waals surface area (Å²) in [4.78, 5) is 13.6. The number of hydrogen-bond acceptors (Lipinski definition) is 7. The average molecular weight is 658 g/mol. The van der Waals surface area contributed by atoms with E-state index in [4.69, 9.17) is 4.74 Å². The lowest BCUT2D eigenvalue weighted by Crippen LogP contribution is -2.48. The van der Waals surface area contributed by atoms with Gasteiger partial charge in [0.1, 0.15) is 5.75 Å². The van der Waals surface area contributed by atoms with Crippen molar-refractivity contribution in [2.24, 2.45) is 0 Å². The second-order valence-electron chi connectivity index (χ2n) is 10.5. The van der Waals surface area contributed by atoms with Gasteiger partial charge in [-0.1, -0.05) is 48.5 Å². The Morgan fingerprint density at radius 3 is 2.43 bits per heavy atom. The van der Waals surface area contributed by atoms with Crippen molar-refractivity contribution in [2.75, 3.05) is 29.8 Å². The van der Waals surface area contributed by atoms with Crippen LogP contribution in [0.4, 0.5) is 18.9 Å². The number of hydrogen-bond donors (Lipinski definition) is 5. The third-order valence-electron chi connectivity index (χ3n) is 7.15. The Morgan fingerprint density at radius 2 is 1.75 bits per heavy atom. The van der Waals surface area contributed by atoms with Crippen molar-refractivity contribution in [1.82, 2.24) is 10.6 Å². The van der Waals surface area contributed by atoms with Crippen LogP contribution in [-0.4, -0.2) is 57.7 Å². The van der Waals surface area contributed by atoms with Gasteiger partial charge >= 0.3 is 6.18 Å². The number of aliphatic hydroxyl groups is 1. The maximum atomic E-state index is 13.6. The lowest BCUT2D eigenvalue weighted by molar-refractivity contribution is -0.137. The van der Waals surface area contributed by atoms with Crippen molar-refractivity contribution in [3.63, 3.8) is 0 Å². The molecule has 1 fully saturated rings. The molecule has 3 aromatic carbocycles. The lowest BCUT2D eigenvalue weighted by Gasteiger charge is -2.47. The van der Waals surface area contributed by atoms with Gasteiger partial charge in [0.25, 0.3) is 5.91 Å². The smallest absolute Gasteiger partial charge is 0.416 e. The Hall–Kier alpha value is -3.00. The van der Waals surface area contributed by atoms with Gasteiger partial charge in [-0.3, -0.25) is 18.2 Å². The summed E-state index contributed by atoms with van der Waals surface area (Å²) in [5.74, 6) is 0.148. The number of anilines is 1. The first kappa shape index (κ1) is 35.5. The molecule has 1 heterocycles. The molecule has 0 saturated carbocycles. The predicted molar refractivity (Wildman–Crippen MR) is 170 cm³/mol. The summed E-state index contributed by atoms with van der Waals surface area (Å²) in [6, 6.07) is 18.3. The first-order chi connectivity index (χ1) is 20.5. The van der Waals surface area contributed by atoms with E-state index in [0.29, 0.717) is 43.0 Å². The number of benzene rings is 3. The van der Waals surface area contributed by atoms with Crippen molar-refractivity contribution in [2.45, 2.75) is 51.1 Å². The zero-order valence-electron chi connectivity index (χ0n) is 24.3. The molecule has 1 saturated heterocycles. The molecule has 8 nitrogen and oxygen atoms in total. The minimum Gasteiger partial charge on any atom is -0.494 e. The zero-order chi connectivity index (χ0) is 31.0. The number of amides is 1. The zero-order valence-corrected chi connectivity index (χ0v) is 25.9. The second kappa shape index (κ2) is 15.8. The molecule has 2 atom stereocenters. The normalized spacial score (nSPS) is 16.8. The highest BCUT2D eigenvalue weighted by Crippen LogP contribution is 2.50. The highest BCUT2D eigenvalue weighted by Gasteiger charge is 2.31. The standard InChI is InChI=1S/C31H38F3N3O5S.ClH/c1-2-42-27-18-24(17-26(19-27)37-13-6-7-14-43(37,40)41)30(39)36-28(16-22-9-4-3-5-10-22)29(38)21-35-20-23-11-8-12-25(15-23)31(32,33)34;/h3-5,8-12,15,17-19,28-29,35,38,40-41H,2,6-7,13-14,16,20-21H2,1H3,(H,36,39);1H/t28-,29-;/m0./s1. The van der Waals surface area contributed by atoms with Gasteiger partial charge in [0.05, 0.1) is 35.8 Å². The Bertz CT molecular complexity index is 1370. The van der Waals surface area contributed by atoms with Crippen molar-refractivity contribution in [1.29, 1.82) is 0 Å². The van der Waals surface area contributed by atoms with E-state index in [-0.39, 0.29) is 36.8 Å². The number of carbonyl (C=O) groups excluding carboxylic acids is 1. The first-order valence-corrected chi connectivity index (χ1v) is 15.8. The topological polar surface area (TPSA) is 114 Å². The minimum absolute atomic E-state index is 0. The van der Waals surface area contributed by atoms with E-state index >= 15 is 0 Å². The molecule has 13 heteroatoms. The van der Waals surface area contributed by atoms with Crippen LogP contribution in [0.1, 0.15) is 46.8 Å². The number of carbonyl (C=O) groups is 1. The van der Waals surface area contributed by atoms with Crippen molar-refractivity contribution >= 4 is 34.8 Å². The van der Waals surface area contributed by atoms with E-state index in [0.717, 1.165) is 24.1 Å². The first-order valence-electron chi connectivity index (χ1n) is 14.2. The highest BCUT2D eigenvalue weighted by atomic mass is 35.5. The fourth-order valence-electron chi connectivity index (χ4n) is 4.98. The molecule has 0 aromatic heterocycles. The molecule has 242 valence electrons. The summed E-state index contributed by atoms with van der Waals surface area (Å²) in [5.41, 5.74) is 1.22. The number of alkyl halides is 3. The lowest BCUT2D eigenvalue weighted by atomic mass is 10.00. The SMILES string of the molecule is CCOc1cc(C(=O)N[C@@H](Cc2ccccc2)[C@@H](O)CNCc2cccc(C(F)(F)F)c2)cc(N2CCCCS2(O)O)c1.Cl. The number of nitrogens with zero attached hydrogens (tertiary/aromatic N) is 1. The number of aliphatic hydroxyl groups excluding tert-OH is 1. The monoisotopic (exact) mass is 657 g/mol. The van der Waals surface area contributed by atoms with E-state index in [2.05, 4.69) is 10.6 Å². The van der Waals surface area contributed by atoms with Gasteiger partial charge in [-0.15, -0.1) is 23.2 Å². The molecular weight excluding hydrogens is 619 g/mol.